The van der Waals surface area contributed by atoms with Gasteiger partial charge in [0.25, 0.3) is 0 Å². The summed E-state index contributed by atoms with van der Waals surface area (Å²) in [6, 6.07) is 3.79. The molecule has 1 aromatic rings. The Labute approximate surface area is 124 Å². The van der Waals surface area contributed by atoms with Crippen LogP contribution in [0.2, 0.25) is 0 Å². The van der Waals surface area contributed by atoms with Gasteiger partial charge < -0.3 is 5.11 Å². The van der Waals surface area contributed by atoms with Crippen LogP contribution in [0.5, 0.6) is 0 Å². The molecule has 0 amide bonds. The smallest absolute Gasteiger partial charge is 0.246 e. The maximum absolute atomic E-state index is 14.0. The quantitative estimate of drug-likeness (QED) is 0.931. The van der Waals surface area contributed by atoms with Gasteiger partial charge in [0.05, 0.1) is 6.61 Å². The van der Waals surface area contributed by atoms with Crippen LogP contribution < -0.4 is 0 Å². The minimum Gasteiger partial charge on any atom is -0.392 e. The molecule has 2 atom stereocenters. The van der Waals surface area contributed by atoms with Crippen molar-refractivity contribution in [3.05, 3.63) is 29.6 Å². The molecule has 1 N–H and O–H groups in total. The van der Waals surface area contributed by atoms with Gasteiger partial charge in [0.2, 0.25) is 10.0 Å². The lowest BCUT2D eigenvalue weighted by molar-refractivity contribution is 0.259. The van der Waals surface area contributed by atoms with Crippen molar-refractivity contribution >= 4 is 10.0 Å². The van der Waals surface area contributed by atoms with Crippen molar-refractivity contribution in [1.82, 2.24) is 4.31 Å². The number of halogens is 1. The van der Waals surface area contributed by atoms with Gasteiger partial charge in [0.15, 0.2) is 0 Å². The summed E-state index contributed by atoms with van der Waals surface area (Å²) in [5.74, 6) is -0.330. The summed E-state index contributed by atoms with van der Waals surface area (Å²) in [5.41, 5.74) is 0.411. The van der Waals surface area contributed by atoms with E-state index >= 15 is 0 Å². The average molecular weight is 313 g/mol. The van der Waals surface area contributed by atoms with Gasteiger partial charge in [-0.15, -0.1) is 0 Å². The normalized spacial score (nSPS) is 26.8. The summed E-state index contributed by atoms with van der Waals surface area (Å²) in [7, 11) is -3.83. The Kier molecular flexibility index (Phi) is 4.03. The highest BCUT2D eigenvalue weighted by Crippen LogP contribution is 2.39. The van der Waals surface area contributed by atoms with Gasteiger partial charge in [-0.1, -0.05) is 18.9 Å². The molecule has 0 bridgehead atoms. The molecular formula is C15H20FNO3S. The Bertz CT molecular complexity index is 632. The lowest BCUT2D eigenvalue weighted by atomic mass is 9.86. The van der Waals surface area contributed by atoms with Gasteiger partial charge in [-0.2, -0.15) is 4.31 Å². The van der Waals surface area contributed by atoms with Crippen LogP contribution in [0.3, 0.4) is 0 Å². The molecule has 4 nitrogen and oxygen atoms in total. The molecule has 21 heavy (non-hydrogen) atoms. The van der Waals surface area contributed by atoms with Crippen LogP contribution >= 0.6 is 0 Å². The van der Waals surface area contributed by atoms with Crippen LogP contribution in [-0.4, -0.2) is 30.4 Å². The topological polar surface area (TPSA) is 57.6 Å². The second-order valence-corrected chi connectivity index (χ2v) is 7.80. The third-order valence-corrected chi connectivity index (χ3v) is 6.66. The number of benzene rings is 1. The predicted molar refractivity (Wildman–Crippen MR) is 76.6 cm³/mol. The zero-order valence-electron chi connectivity index (χ0n) is 11.8. The largest absolute Gasteiger partial charge is 0.392 e. The molecule has 3 rings (SSSR count). The Morgan fingerprint density at radius 3 is 2.76 bits per heavy atom. The van der Waals surface area contributed by atoms with Crippen LogP contribution in [-0.2, 0) is 16.6 Å². The zero-order valence-corrected chi connectivity index (χ0v) is 12.7. The van der Waals surface area contributed by atoms with Crippen LogP contribution in [0.25, 0.3) is 0 Å². The number of aliphatic hydroxyl groups is 1. The van der Waals surface area contributed by atoms with Crippen molar-refractivity contribution in [2.75, 3.05) is 6.54 Å². The molecule has 0 radical (unpaired) electrons. The first-order valence-corrected chi connectivity index (χ1v) is 8.89. The van der Waals surface area contributed by atoms with E-state index in [0.717, 1.165) is 38.2 Å². The fraction of sp³-hybridized carbons (Fsp3) is 0.600. The third-order valence-electron chi connectivity index (χ3n) is 4.72. The standard InChI is InChI=1S/C15H20FNO3S/c16-13-6-5-11(10-18)9-15(13)21(19,20)17-8-7-12-3-1-2-4-14(12)17/h5-6,9,12,14,18H,1-4,7-8,10H2. The molecule has 1 heterocycles. The van der Waals surface area contributed by atoms with Gasteiger partial charge in [0.1, 0.15) is 10.7 Å². The molecule has 116 valence electrons. The number of hydrogen-bond donors (Lipinski definition) is 1. The SMILES string of the molecule is O=S(=O)(c1cc(CO)ccc1F)N1CCC2CCCCC21. The van der Waals surface area contributed by atoms with Crippen LogP contribution in [0.1, 0.15) is 37.7 Å². The van der Waals surface area contributed by atoms with Crippen molar-refractivity contribution < 1.29 is 17.9 Å². The Hall–Kier alpha value is -0.980. The van der Waals surface area contributed by atoms with Crippen molar-refractivity contribution in [2.24, 2.45) is 5.92 Å². The van der Waals surface area contributed by atoms with E-state index in [1.54, 1.807) is 0 Å². The number of fused-ring (bicyclic) bond motifs is 1. The molecule has 1 aliphatic heterocycles. The highest BCUT2D eigenvalue weighted by atomic mass is 32.2. The van der Waals surface area contributed by atoms with Crippen LogP contribution in [0.4, 0.5) is 4.39 Å². The molecule has 1 aliphatic carbocycles. The molecule has 1 saturated carbocycles. The van der Waals surface area contributed by atoms with E-state index in [1.807, 2.05) is 0 Å². The van der Waals surface area contributed by atoms with E-state index in [2.05, 4.69) is 0 Å². The first kappa shape index (κ1) is 14.9. The maximum Gasteiger partial charge on any atom is 0.246 e. The summed E-state index contributed by atoms with van der Waals surface area (Å²) in [4.78, 5) is -0.305. The van der Waals surface area contributed by atoms with Gasteiger partial charge >= 0.3 is 0 Å². The summed E-state index contributed by atoms with van der Waals surface area (Å²) >= 11 is 0. The molecule has 1 saturated heterocycles. The molecule has 2 aliphatic rings. The minimum atomic E-state index is -3.83. The molecule has 6 heteroatoms. The second kappa shape index (κ2) is 5.66. The highest BCUT2D eigenvalue weighted by molar-refractivity contribution is 7.89. The maximum atomic E-state index is 14.0. The minimum absolute atomic E-state index is 0.0148. The summed E-state index contributed by atoms with van der Waals surface area (Å²) < 4.78 is 41.0. The first-order chi connectivity index (χ1) is 10.0. The van der Waals surface area contributed by atoms with Crippen LogP contribution in [0.15, 0.2) is 23.1 Å². The Balaban J connectivity index is 1.97. The fourth-order valence-electron chi connectivity index (χ4n) is 3.63. The second-order valence-electron chi connectivity index (χ2n) is 5.94. The van der Waals surface area contributed by atoms with Crippen molar-refractivity contribution in [3.8, 4) is 0 Å². The van der Waals surface area contributed by atoms with Crippen molar-refractivity contribution in [2.45, 2.75) is 49.6 Å². The number of rotatable bonds is 3. The number of aliphatic hydroxyl groups excluding tert-OH is 1. The van der Waals surface area contributed by atoms with Gasteiger partial charge in [-0.05, 0) is 42.9 Å². The van der Waals surface area contributed by atoms with E-state index in [0.29, 0.717) is 18.0 Å². The fourth-order valence-corrected chi connectivity index (χ4v) is 5.48. The third kappa shape index (κ3) is 2.60. The lowest BCUT2D eigenvalue weighted by Gasteiger charge is -2.31. The molecule has 2 unspecified atom stereocenters. The molecule has 0 aromatic heterocycles. The van der Waals surface area contributed by atoms with E-state index in [9.17, 15) is 12.8 Å². The predicted octanol–water partition coefficient (Wildman–Crippen LogP) is 2.27. The molecule has 0 spiro atoms. The Morgan fingerprint density at radius 1 is 1.24 bits per heavy atom. The Morgan fingerprint density at radius 2 is 2.00 bits per heavy atom. The van der Waals surface area contributed by atoms with Gasteiger partial charge in [-0.3, -0.25) is 0 Å². The number of nitrogens with zero attached hydrogens (tertiary/aromatic N) is 1. The number of sulfonamides is 1. The van der Waals surface area contributed by atoms with Gasteiger partial charge in [0, 0.05) is 12.6 Å². The van der Waals surface area contributed by atoms with E-state index in [-0.39, 0.29) is 17.5 Å². The van der Waals surface area contributed by atoms with Crippen LogP contribution in [0, 0.1) is 11.7 Å². The monoisotopic (exact) mass is 313 g/mol. The van der Waals surface area contributed by atoms with Crippen molar-refractivity contribution in [1.29, 1.82) is 0 Å². The summed E-state index contributed by atoms with van der Waals surface area (Å²) in [6.07, 6.45) is 4.99. The number of hydrogen-bond acceptors (Lipinski definition) is 3. The first-order valence-electron chi connectivity index (χ1n) is 7.45. The molecule has 1 aromatic carbocycles. The van der Waals surface area contributed by atoms with E-state index in [1.165, 1.54) is 16.4 Å². The zero-order chi connectivity index (χ0) is 15.0. The van der Waals surface area contributed by atoms with E-state index < -0.39 is 15.8 Å². The van der Waals surface area contributed by atoms with E-state index in [4.69, 9.17) is 5.11 Å². The van der Waals surface area contributed by atoms with Crippen molar-refractivity contribution in [3.63, 3.8) is 0 Å². The average Bonchev–Trinajstić information content (AvgIpc) is 2.92. The highest BCUT2D eigenvalue weighted by Gasteiger charge is 2.43. The van der Waals surface area contributed by atoms with Gasteiger partial charge in [-0.25, -0.2) is 12.8 Å². The summed E-state index contributed by atoms with van der Waals surface area (Å²) in [6.45, 7) is 0.176. The molecular weight excluding hydrogens is 293 g/mol. The molecule has 2 fully saturated rings. The summed E-state index contributed by atoms with van der Waals surface area (Å²) in [5, 5.41) is 9.14. The lowest BCUT2D eigenvalue weighted by Crippen LogP contribution is -2.39.